The summed E-state index contributed by atoms with van der Waals surface area (Å²) in [6.07, 6.45) is 7.83. The van der Waals surface area contributed by atoms with Gasteiger partial charge in [0.1, 0.15) is 0 Å². The van der Waals surface area contributed by atoms with Crippen molar-refractivity contribution in [2.24, 2.45) is 23.2 Å². The molecule has 0 N–H and O–H groups in total. The van der Waals surface area contributed by atoms with Gasteiger partial charge in [-0.25, -0.2) is 0 Å². The fourth-order valence-electron chi connectivity index (χ4n) is 3.39. The number of fused-ring (bicyclic) bond motifs is 1. The predicted molar refractivity (Wildman–Crippen MR) is 52.6 cm³/mol. The summed E-state index contributed by atoms with van der Waals surface area (Å²) in [5.74, 6) is 3.41. The molecule has 0 amide bonds. The first-order chi connectivity index (χ1) is 5.90. The molecule has 12 heavy (non-hydrogen) atoms. The van der Waals surface area contributed by atoms with E-state index in [2.05, 4.69) is 25.5 Å². The third-order valence-corrected chi connectivity index (χ3v) is 4.11. The average molecular weight is 158 g/mol. The predicted octanol–water partition coefficient (Wildman–Crippen LogP) is 2.13. The van der Waals surface area contributed by atoms with Gasteiger partial charge in [0.25, 0.3) is 0 Å². The van der Waals surface area contributed by atoms with Crippen molar-refractivity contribution in [2.45, 2.75) is 32.5 Å². The second-order valence-corrected chi connectivity index (χ2v) is 4.67. The van der Waals surface area contributed by atoms with Gasteiger partial charge in [0.2, 0.25) is 0 Å². The van der Waals surface area contributed by atoms with Crippen LogP contribution in [0.4, 0.5) is 0 Å². The number of hydrogen-bond acceptors (Lipinski definition) is 0. The van der Waals surface area contributed by atoms with Crippen molar-refractivity contribution in [1.29, 1.82) is 0 Å². The van der Waals surface area contributed by atoms with Crippen molar-refractivity contribution in [3.8, 4) is 0 Å². The molecule has 0 aliphatic heterocycles. The molecule has 0 heterocycles. The first kappa shape index (κ1) is 7.15. The van der Waals surface area contributed by atoms with Crippen molar-refractivity contribution < 1.29 is 0 Å². The van der Waals surface area contributed by atoms with E-state index in [-0.39, 0.29) is 0 Å². The van der Waals surface area contributed by atoms with Gasteiger partial charge in [-0.1, -0.05) is 0 Å². The van der Waals surface area contributed by atoms with E-state index in [4.69, 9.17) is 0 Å². The van der Waals surface area contributed by atoms with Crippen molar-refractivity contribution in [3.05, 3.63) is 6.08 Å². The molecule has 2 unspecified atom stereocenters. The zero-order chi connectivity index (χ0) is 8.18. The van der Waals surface area contributed by atoms with Crippen LogP contribution in [0.1, 0.15) is 26.2 Å². The molecule has 1 heteroatoms. The van der Waals surface area contributed by atoms with Gasteiger partial charge in [0.15, 0.2) is 0 Å². The van der Waals surface area contributed by atoms with E-state index in [1.165, 1.54) is 25.6 Å². The van der Waals surface area contributed by atoms with Gasteiger partial charge in [0.05, 0.1) is 0 Å². The molecule has 0 aromatic heterocycles. The van der Waals surface area contributed by atoms with Gasteiger partial charge in [0, 0.05) is 0 Å². The van der Waals surface area contributed by atoms with Crippen molar-refractivity contribution >= 4 is 12.5 Å². The van der Waals surface area contributed by atoms with Gasteiger partial charge >= 0.3 is 74.3 Å². The standard InChI is InChI=1S/C11H15B/c1-2-6-12-7-5-11-4-3-8-9(11)10(8)11/h5,8-10H,2-4,6H2,1H3. The summed E-state index contributed by atoms with van der Waals surface area (Å²) in [5, 5.41) is 0. The van der Waals surface area contributed by atoms with Crippen LogP contribution in [0, 0.1) is 23.2 Å². The Hall–Kier alpha value is -0.285. The van der Waals surface area contributed by atoms with E-state index in [0.717, 1.165) is 17.8 Å². The van der Waals surface area contributed by atoms with Crippen LogP contribution in [-0.2, 0) is 0 Å². The minimum atomic E-state index is 0.703. The summed E-state index contributed by atoms with van der Waals surface area (Å²) in [7, 11) is 0. The molecule has 4 rings (SSSR count). The van der Waals surface area contributed by atoms with E-state index in [0.29, 0.717) is 5.41 Å². The summed E-state index contributed by atoms with van der Waals surface area (Å²) in [6.45, 7) is 4.43. The molecule has 4 aliphatic rings. The summed E-state index contributed by atoms with van der Waals surface area (Å²) < 4.78 is 0. The fraction of sp³-hybridized carbons (Fsp3) is 0.818. The van der Waals surface area contributed by atoms with Crippen LogP contribution in [0.2, 0.25) is 6.32 Å². The van der Waals surface area contributed by atoms with E-state index < -0.39 is 0 Å². The first-order valence-corrected chi connectivity index (χ1v) is 5.32. The van der Waals surface area contributed by atoms with Gasteiger partial charge < -0.3 is 0 Å². The van der Waals surface area contributed by atoms with Gasteiger partial charge in [-0.05, 0) is 0 Å². The molecular weight excluding hydrogens is 143 g/mol. The van der Waals surface area contributed by atoms with Crippen molar-refractivity contribution in [3.63, 3.8) is 0 Å². The Morgan fingerprint density at radius 3 is 3.00 bits per heavy atom. The van der Waals surface area contributed by atoms with Crippen LogP contribution in [0.15, 0.2) is 6.08 Å². The van der Waals surface area contributed by atoms with Crippen LogP contribution >= 0.6 is 0 Å². The summed E-state index contributed by atoms with van der Waals surface area (Å²) >= 11 is 0. The fourth-order valence-corrected chi connectivity index (χ4v) is 3.39. The third-order valence-electron chi connectivity index (χ3n) is 4.11. The zero-order valence-electron chi connectivity index (χ0n) is 7.72. The van der Waals surface area contributed by atoms with Crippen LogP contribution < -0.4 is 0 Å². The van der Waals surface area contributed by atoms with Crippen molar-refractivity contribution in [1.82, 2.24) is 0 Å². The molecule has 2 bridgehead atoms. The molecule has 0 aromatic rings. The van der Waals surface area contributed by atoms with Gasteiger partial charge in [-0.2, -0.15) is 0 Å². The molecule has 4 saturated carbocycles. The quantitative estimate of drug-likeness (QED) is 0.552. The molecule has 62 valence electrons. The van der Waals surface area contributed by atoms with E-state index in [9.17, 15) is 0 Å². The summed E-state index contributed by atoms with van der Waals surface area (Å²) in [4.78, 5) is 0. The van der Waals surface area contributed by atoms with Gasteiger partial charge in [-0.3, -0.25) is 0 Å². The van der Waals surface area contributed by atoms with Crippen LogP contribution in [0.3, 0.4) is 0 Å². The topological polar surface area (TPSA) is 0 Å². The van der Waals surface area contributed by atoms with Crippen LogP contribution in [0.5, 0.6) is 0 Å². The maximum atomic E-state index is 3.38. The molecule has 4 aliphatic carbocycles. The Kier molecular flexibility index (Phi) is 1.28. The Labute approximate surface area is 75.0 Å². The summed E-state index contributed by atoms with van der Waals surface area (Å²) in [5.41, 5.74) is 4.08. The van der Waals surface area contributed by atoms with Crippen LogP contribution in [-0.4, -0.2) is 12.5 Å². The molecule has 0 aromatic carbocycles. The Balaban J connectivity index is 1.66. The molecule has 0 spiro atoms. The number of rotatable bonds is 3. The van der Waals surface area contributed by atoms with Gasteiger partial charge in [-0.15, -0.1) is 0 Å². The SMILES string of the molecule is CCCB=C=CC12CCC3C1C32. The van der Waals surface area contributed by atoms with E-state index in [1.54, 1.807) is 0 Å². The number of allylic oxidation sites excluding steroid dienone is 1. The maximum absolute atomic E-state index is 3.38. The average Bonchev–Trinajstić information content (AvgIpc) is 2.88. The second-order valence-electron chi connectivity index (χ2n) is 4.67. The number of hydrogen-bond donors (Lipinski definition) is 0. The molecule has 4 fully saturated rings. The van der Waals surface area contributed by atoms with E-state index in [1.807, 2.05) is 0 Å². The zero-order valence-corrected chi connectivity index (χ0v) is 7.72. The second kappa shape index (κ2) is 2.14. The third kappa shape index (κ3) is 0.689. The molecule has 0 nitrogen and oxygen atoms in total. The molecule has 2 atom stereocenters. The Morgan fingerprint density at radius 2 is 2.42 bits per heavy atom. The van der Waals surface area contributed by atoms with Crippen molar-refractivity contribution in [2.75, 3.05) is 0 Å². The van der Waals surface area contributed by atoms with Crippen LogP contribution in [0.25, 0.3) is 0 Å². The molecule has 0 saturated heterocycles. The molecule has 0 radical (unpaired) electrons. The normalized spacial score (nSPS) is 50.6. The Bertz CT molecular complexity index is 263. The Morgan fingerprint density at radius 1 is 1.58 bits per heavy atom. The minimum absolute atomic E-state index is 0.703. The monoisotopic (exact) mass is 158 g/mol. The first-order valence-electron chi connectivity index (χ1n) is 5.32. The summed E-state index contributed by atoms with van der Waals surface area (Å²) in [6, 6.07) is 0. The molecular formula is C11H15B. The van der Waals surface area contributed by atoms with E-state index >= 15 is 0 Å².